The van der Waals surface area contributed by atoms with Gasteiger partial charge in [-0.1, -0.05) is 18.2 Å². The van der Waals surface area contributed by atoms with Gasteiger partial charge in [-0.25, -0.2) is 0 Å². The molecule has 0 aromatic rings. The lowest BCUT2D eigenvalue weighted by molar-refractivity contribution is -0.115. The van der Waals surface area contributed by atoms with Crippen molar-refractivity contribution in [2.75, 3.05) is 0 Å². The second-order valence-electron chi connectivity index (χ2n) is 3.19. The fourth-order valence-electron chi connectivity index (χ4n) is 1.79. The van der Waals surface area contributed by atoms with Gasteiger partial charge in [0.15, 0.2) is 11.6 Å². The number of carbonyl (C=O) groups excluding carboxylic acids is 2. The Balaban J connectivity index is 2.54. The van der Waals surface area contributed by atoms with Crippen LogP contribution in [0.3, 0.4) is 0 Å². The van der Waals surface area contributed by atoms with Gasteiger partial charge in [0.05, 0.1) is 5.57 Å². The Kier molecular flexibility index (Phi) is 1.76. The van der Waals surface area contributed by atoms with Crippen LogP contribution in [0.1, 0.15) is 19.8 Å². The molecule has 0 aromatic carbocycles. The van der Waals surface area contributed by atoms with Crippen LogP contribution in [-0.2, 0) is 9.59 Å². The second-order valence-corrected chi connectivity index (χ2v) is 3.19. The van der Waals surface area contributed by atoms with Gasteiger partial charge in [-0.3, -0.25) is 9.59 Å². The summed E-state index contributed by atoms with van der Waals surface area (Å²) in [5, 5.41) is 0. The van der Waals surface area contributed by atoms with Crippen LogP contribution in [0.2, 0.25) is 0 Å². The van der Waals surface area contributed by atoms with E-state index in [1.807, 2.05) is 6.08 Å². The maximum Gasteiger partial charge on any atom is 0.197 e. The quantitative estimate of drug-likeness (QED) is 0.414. The largest absolute Gasteiger partial charge is 0.289 e. The average Bonchev–Trinajstić information content (AvgIpc) is 2.41. The summed E-state index contributed by atoms with van der Waals surface area (Å²) in [6.45, 7) is 1.73. The lowest BCUT2D eigenvalue weighted by Crippen LogP contribution is -2.03. The minimum atomic E-state index is -0.0987. The lowest BCUT2D eigenvalue weighted by atomic mass is 10.00. The van der Waals surface area contributed by atoms with E-state index in [0.29, 0.717) is 23.1 Å². The SMILES string of the molecule is C/C=C1\C(=O)C2=C(CCC=C2)C1=O. The third-order valence-corrected chi connectivity index (χ3v) is 2.47. The molecule has 0 fully saturated rings. The fraction of sp³-hybridized carbons (Fsp3) is 0.273. The second kappa shape index (κ2) is 2.80. The third kappa shape index (κ3) is 1.02. The Morgan fingerprint density at radius 1 is 1.31 bits per heavy atom. The number of carbonyl (C=O) groups is 2. The Morgan fingerprint density at radius 2 is 2.08 bits per heavy atom. The van der Waals surface area contributed by atoms with E-state index >= 15 is 0 Å². The van der Waals surface area contributed by atoms with E-state index in [-0.39, 0.29) is 11.6 Å². The molecule has 0 amide bonds. The Hall–Kier alpha value is -1.44. The van der Waals surface area contributed by atoms with Crippen LogP contribution in [-0.4, -0.2) is 11.6 Å². The Morgan fingerprint density at radius 3 is 2.69 bits per heavy atom. The molecule has 0 aliphatic heterocycles. The van der Waals surface area contributed by atoms with Crippen molar-refractivity contribution in [3.8, 4) is 0 Å². The number of hydrogen-bond acceptors (Lipinski definition) is 2. The summed E-state index contributed by atoms with van der Waals surface area (Å²) < 4.78 is 0. The van der Waals surface area contributed by atoms with Crippen LogP contribution < -0.4 is 0 Å². The van der Waals surface area contributed by atoms with Gasteiger partial charge in [-0.2, -0.15) is 0 Å². The molecule has 66 valence electrons. The molecule has 0 saturated carbocycles. The fourth-order valence-corrected chi connectivity index (χ4v) is 1.79. The molecular weight excluding hydrogens is 164 g/mol. The molecule has 0 atom stereocenters. The molecule has 2 rings (SSSR count). The van der Waals surface area contributed by atoms with Crippen LogP contribution in [0.4, 0.5) is 0 Å². The summed E-state index contributed by atoms with van der Waals surface area (Å²) in [4.78, 5) is 23.2. The third-order valence-electron chi connectivity index (χ3n) is 2.47. The van der Waals surface area contributed by atoms with Crippen molar-refractivity contribution in [2.24, 2.45) is 0 Å². The number of allylic oxidation sites excluding steroid dienone is 6. The van der Waals surface area contributed by atoms with Gasteiger partial charge >= 0.3 is 0 Å². The molecule has 13 heavy (non-hydrogen) atoms. The van der Waals surface area contributed by atoms with Crippen molar-refractivity contribution in [1.29, 1.82) is 0 Å². The van der Waals surface area contributed by atoms with E-state index in [0.717, 1.165) is 6.42 Å². The summed E-state index contributed by atoms with van der Waals surface area (Å²) >= 11 is 0. The van der Waals surface area contributed by atoms with Crippen LogP contribution in [0.25, 0.3) is 0 Å². The van der Waals surface area contributed by atoms with Crippen molar-refractivity contribution >= 4 is 11.6 Å². The van der Waals surface area contributed by atoms with E-state index in [1.54, 1.807) is 19.1 Å². The van der Waals surface area contributed by atoms with Gasteiger partial charge in [-0.15, -0.1) is 0 Å². The molecule has 0 bridgehead atoms. The van der Waals surface area contributed by atoms with E-state index in [1.165, 1.54) is 0 Å². The molecule has 0 aromatic heterocycles. The predicted octanol–water partition coefficient (Wildman–Crippen LogP) is 1.73. The van der Waals surface area contributed by atoms with E-state index in [4.69, 9.17) is 0 Å². The van der Waals surface area contributed by atoms with E-state index < -0.39 is 0 Å². The van der Waals surface area contributed by atoms with Gasteiger partial charge in [0.2, 0.25) is 0 Å². The van der Waals surface area contributed by atoms with Gasteiger partial charge in [0.25, 0.3) is 0 Å². The first-order valence-electron chi connectivity index (χ1n) is 4.41. The highest BCUT2D eigenvalue weighted by Gasteiger charge is 2.34. The Labute approximate surface area is 76.6 Å². The van der Waals surface area contributed by atoms with E-state index in [9.17, 15) is 9.59 Å². The van der Waals surface area contributed by atoms with Crippen molar-refractivity contribution in [2.45, 2.75) is 19.8 Å². The maximum atomic E-state index is 11.6. The minimum Gasteiger partial charge on any atom is -0.289 e. The zero-order valence-electron chi connectivity index (χ0n) is 7.46. The van der Waals surface area contributed by atoms with Crippen molar-refractivity contribution < 1.29 is 9.59 Å². The van der Waals surface area contributed by atoms with Crippen LogP contribution in [0.15, 0.2) is 34.9 Å². The van der Waals surface area contributed by atoms with Crippen molar-refractivity contribution in [3.63, 3.8) is 0 Å². The molecule has 2 nitrogen and oxygen atoms in total. The molecule has 2 aliphatic rings. The van der Waals surface area contributed by atoms with Crippen molar-refractivity contribution in [1.82, 2.24) is 0 Å². The maximum absolute atomic E-state index is 11.6. The lowest BCUT2D eigenvalue weighted by Gasteiger charge is -2.03. The van der Waals surface area contributed by atoms with Crippen LogP contribution in [0.5, 0.6) is 0 Å². The van der Waals surface area contributed by atoms with Crippen LogP contribution in [0, 0.1) is 0 Å². The van der Waals surface area contributed by atoms with Gasteiger partial charge in [0, 0.05) is 11.1 Å². The molecule has 2 heteroatoms. The molecule has 0 N–H and O–H groups in total. The monoisotopic (exact) mass is 174 g/mol. The molecule has 0 heterocycles. The molecular formula is C11H10O2. The highest BCUT2D eigenvalue weighted by atomic mass is 16.2. The van der Waals surface area contributed by atoms with Crippen LogP contribution >= 0.6 is 0 Å². The summed E-state index contributed by atoms with van der Waals surface area (Å²) in [6, 6.07) is 0. The van der Waals surface area contributed by atoms with E-state index in [2.05, 4.69) is 0 Å². The number of rotatable bonds is 0. The molecule has 0 saturated heterocycles. The normalized spacial score (nSPS) is 24.5. The number of hydrogen-bond donors (Lipinski definition) is 0. The minimum absolute atomic E-state index is 0.0631. The molecule has 0 radical (unpaired) electrons. The smallest absolute Gasteiger partial charge is 0.197 e. The Bertz CT molecular complexity index is 381. The summed E-state index contributed by atoms with van der Waals surface area (Å²) in [6.07, 6.45) is 6.91. The average molecular weight is 174 g/mol. The van der Waals surface area contributed by atoms with Crippen molar-refractivity contribution in [3.05, 3.63) is 34.9 Å². The zero-order chi connectivity index (χ0) is 9.42. The zero-order valence-corrected chi connectivity index (χ0v) is 7.46. The highest BCUT2D eigenvalue weighted by molar-refractivity contribution is 6.38. The first kappa shape index (κ1) is 8.17. The first-order valence-corrected chi connectivity index (χ1v) is 4.41. The summed E-state index contributed by atoms with van der Waals surface area (Å²) in [7, 11) is 0. The highest BCUT2D eigenvalue weighted by Crippen LogP contribution is 2.31. The summed E-state index contributed by atoms with van der Waals surface area (Å²) in [5.41, 5.74) is 1.67. The molecule has 0 spiro atoms. The standard InChI is InChI=1S/C11H10O2/c1-2-7-10(12)8-5-3-4-6-9(8)11(7)13/h2-3,5H,4,6H2,1H3/b7-2+. The molecule has 0 unspecified atom stereocenters. The number of Topliss-reactive ketones (excluding diaryl/α,β-unsaturated/α-hetero) is 2. The predicted molar refractivity (Wildman–Crippen MR) is 49.2 cm³/mol. The van der Waals surface area contributed by atoms with Gasteiger partial charge in [0.1, 0.15) is 0 Å². The first-order chi connectivity index (χ1) is 6.25. The number of ketones is 2. The molecule has 2 aliphatic carbocycles. The topological polar surface area (TPSA) is 34.1 Å². The van der Waals surface area contributed by atoms with Gasteiger partial charge in [-0.05, 0) is 19.8 Å². The van der Waals surface area contributed by atoms with Gasteiger partial charge < -0.3 is 0 Å². The summed E-state index contributed by atoms with van der Waals surface area (Å²) in [5.74, 6) is -0.162.